The zero-order chi connectivity index (χ0) is 21.3. The number of aliphatic imine (C=N–C) groups is 1. The monoisotopic (exact) mass is 543 g/mol. The van der Waals surface area contributed by atoms with Crippen LogP contribution >= 0.6 is 24.0 Å². The molecule has 1 aromatic rings. The molecular formula is C23H38IN5O2. The molecule has 2 fully saturated rings. The molecule has 0 spiro atoms. The summed E-state index contributed by atoms with van der Waals surface area (Å²) < 4.78 is 5.72. The molecule has 8 heteroatoms. The maximum absolute atomic E-state index is 12.0. The minimum absolute atomic E-state index is 0. The number of hydrogen-bond donors (Lipinski definition) is 1. The van der Waals surface area contributed by atoms with E-state index in [2.05, 4.69) is 44.4 Å². The molecule has 174 valence electrons. The SMILES string of the molecule is CN(C)C(=O)CN=C(NCC1CCCO1)N(C)Cc1ccc(N2CCCCC2)cc1.I. The number of benzene rings is 1. The van der Waals surface area contributed by atoms with Gasteiger partial charge in [0.2, 0.25) is 5.91 Å². The van der Waals surface area contributed by atoms with Gasteiger partial charge in [0.1, 0.15) is 6.54 Å². The molecular weight excluding hydrogens is 505 g/mol. The third-order valence-electron chi connectivity index (χ3n) is 5.81. The number of nitrogens with zero attached hydrogens (tertiary/aromatic N) is 4. The fourth-order valence-electron chi connectivity index (χ4n) is 3.92. The van der Waals surface area contributed by atoms with Crippen LogP contribution in [0.3, 0.4) is 0 Å². The molecule has 1 atom stereocenters. The van der Waals surface area contributed by atoms with Crippen molar-refractivity contribution in [3.63, 3.8) is 0 Å². The largest absolute Gasteiger partial charge is 0.376 e. The van der Waals surface area contributed by atoms with Gasteiger partial charge in [-0.15, -0.1) is 24.0 Å². The average Bonchev–Trinajstić information content (AvgIpc) is 3.28. The van der Waals surface area contributed by atoms with Crippen LogP contribution in [0.2, 0.25) is 0 Å². The number of ether oxygens (including phenoxy) is 1. The highest BCUT2D eigenvalue weighted by molar-refractivity contribution is 14.0. The number of carbonyl (C=O) groups is 1. The predicted molar refractivity (Wildman–Crippen MR) is 137 cm³/mol. The van der Waals surface area contributed by atoms with Gasteiger partial charge >= 0.3 is 0 Å². The minimum Gasteiger partial charge on any atom is -0.376 e. The van der Waals surface area contributed by atoms with Crippen LogP contribution in [0.15, 0.2) is 29.3 Å². The lowest BCUT2D eigenvalue weighted by Gasteiger charge is -2.29. The summed E-state index contributed by atoms with van der Waals surface area (Å²) in [5, 5.41) is 3.41. The number of amides is 1. The number of hydrogen-bond acceptors (Lipinski definition) is 4. The van der Waals surface area contributed by atoms with Crippen LogP contribution in [0.5, 0.6) is 0 Å². The third kappa shape index (κ3) is 8.14. The zero-order valence-electron chi connectivity index (χ0n) is 19.2. The Balaban J connectivity index is 0.00000341. The molecule has 1 aromatic carbocycles. The van der Waals surface area contributed by atoms with Crippen LogP contribution in [0, 0.1) is 0 Å². The van der Waals surface area contributed by atoms with Crippen molar-refractivity contribution in [3.8, 4) is 0 Å². The summed E-state index contributed by atoms with van der Waals surface area (Å²) in [6.45, 7) is 4.73. The lowest BCUT2D eigenvalue weighted by molar-refractivity contribution is -0.127. The van der Waals surface area contributed by atoms with Gasteiger partial charge in [0.15, 0.2) is 5.96 Å². The second-order valence-corrected chi connectivity index (χ2v) is 8.51. The quantitative estimate of drug-likeness (QED) is 0.326. The van der Waals surface area contributed by atoms with Crippen LogP contribution in [0.25, 0.3) is 0 Å². The first-order chi connectivity index (χ1) is 14.5. The summed E-state index contributed by atoms with van der Waals surface area (Å²) in [6.07, 6.45) is 6.31. The molecule has 1 N–H and O–H groups in total. The van der Waals surface area contributed by atoms with E-state index >= 15 is 0 Å². The molecule has 0 saturated carbocycles. The predicted octanol–water partition coefficient (Wildman–Crippen LogP) is 2.94. The van der Waals surface area contributed by atoms with Gasteiger partial charge in [-0.2, -0.15) is 0 Å². The first kappa shape index (κ1) is 25.7. The van der Waals surface area contributed by atoms with Gasteiger partial charge in [0, 0.05) is 59.6 Å². The average molecular weight is 543 g/mol. The summed E-state index contributed by atoms with van der Waals surface area (Å²) in [5.74, 6) is 0.728. The molecule has 1 amide bonds. The van der Waals surface area contributed by atoms with Gasteiger partial charge in [-0.25, -0.2) is 4.99 Å². The van der Waals surface area contributed by atoms with Crippen LogP contribution in [0.1, 0.15) is 37.7 Å². The molecule has 0 aromatic heterocycles. The van der Waals surface area contributed by atoms with E-state index in [1.807, 2.05) is 7.05 Å². The van der Waals surface area contributed by atoms with Crippen LogP contribution in [-0.4, -0.2) is 81.7 Å². The summed E-state index contributed by atoms with van der Waals surface area (Å²) in [5.41, 5.74) is 2.53. The molecule has 0 aliphatic carbocycles. The van der Waals surface area contributed by atoms with E-state index in [1.54, 1.807) is 19.0 Å². The van der Waals surface area contributed by atoms with Crippen LogP contribution < -0.4 is 10.2 Å². The normalized spacial score (nSPS) is 19.0. The minimum atomic E-state index is -0.00861. The van der Waals surface area contributed by atoms with Gasteiger partial charge < -0.3 is 24.8 Å². The number of likely N-dealkylation sites (N-methyl/N-ethyl adjacent to an activating group) is 1. The molecule has 1 unspecified atom stereocenters. The number of nitrogens with one attached hydrogen (secondary N) is 1. The number of halogens is 1. The fraction of sp³-hybridized carbons (Fsp3) is 0.652. The van der Waals surface area contributed by atoms with Gasteiger partial charge in [-0.1, -0.05) is 12.1 Å². The van der Waals surface area contributed by atoms with Crippen LogP contribution in [-0.2, 0) is 16.1 Å². The Kier molecular flexibility index (Phi) is 10.9. The Morgan fingerprint density at radius 1 is 1.13 bits per heavy atom. The van der Waals surface area contributed by atoms with E-state index in [4.69, 9.17) is 4.74 Å². The maximum atomic E-state index is 12.0. The molecule has 31 heavy (non-hydrogen) atoms. The lowest BCUT2D eigenvalue weighted by Crippen LogP contribution is -2.42. The molecule has 2 aliphatic rings. The smallest absolute Gasteiger partial charge is 0.243 e. The van der Waals surface area contributed by atoms with E-state index in [1.165, 1.54) is 30.5 Å². The van der Waals surface area contributed by atoms with Crippen molar-refractivity contribution in [2.45, 2.75) is 44.8 Å². The van der Waals surface area contributed by atoms with E-state index in [9.17, 15) is 4.79 Å². The van der Waals surface area contributed by atoms with E-state index in [0.29, 0.717) is 6.54 Å². The van der Waals surface area contributed by atoms with Crippen molar-refractivity contribution in [3.05, 3.63) is 29.8 Å². The van der Waals surface area contributed by atoms with Crippen molar-refractivity contribution in [2.75, 3.05) is 58.8 Å². The lowest BCUT2D eigenvalue weighted by atomic mass is 10.1. The van der Waals surface area contributed by atoms with E-state index in [-0.39, 0.29) is 42.5 Å². The van der Waals surface area contributed by atoms with Crippen LogP contribution in [0.4, 0.5) is 5.69 Å². The first-order valence-electron chi connectivity index (χ1n) is 11.2. The van der Waals surface area contributed by atoms with Crippen molar-refractivity contribution in [1.29, 1.82) is 0 Å². The van der Waals surface area contributed by atoms with Crippen molar-refractivity contribution >= 4 is 41.5 Å². The first-order valence-corrected chi connectivity index (χ1v) is 11.2. The molecule has 2 heterocycles. The highest BCUT2D eigenvalue weighted by Crippen LogP contribution is 2.20. The van der Waals surface area contributed by atoms with Gasteiger partial charge in [0.25, 0.3) is 0 Å². The van der Waals surface area contributed by atoms with Gasteiger partial charge in [-0.05, 0) is 49.8 Å². The van der Waals surface area contributed by atoms with E-state index < -0.39 is 0 Å². The number of anilines is 1. The Labute approximate surface area is 204 Å². The second kappa shape index (κ2) is 13.1. The number of guanidine groups is 1. The summed E-state index contributed by atoms with van der Waals surface area (Å²) in [7, 11) is 5.52. The maximum Gasteiger partial charge on any atom is 0.243 e. The molecule has 3 rings (SSSR count). The summed E-state index contributed by atoms with van der Waals surface area (Å²) >= 11 is 0. The van der Waals surface area contributed by atoms with Gasteiger partial charge in [0.05, 0.1) is 6.10 Å². The molecule has 2 aliphatic heterocycles. The molecule has 7 nitrogen and oxygen atoms in total. The second-order valence-electron chi connectivity index (χ2n) is 8.51. The highest BCUT2D eigenvalue weighted by Gasteiger charge is 2.17. The fourth-order valence-corrected chi connectivity index (χ4v) is 3.92. The molecule has 0 bridgehead atoms. The van der Waals surface area contributed by atoms with Gasteiger partial charge in [-0.3, -0.25) is 4.79 Å². The Morgan fingerprint density at radius 3 is 2.45 bits per heavy atom. The Hall–Kier alpha value is -1.55. The molecule has 0 radical (unpaired) electrons. The van der Waals surface area contributed by atoms with Crippen molar-refractivity contribution < 1.29 is 9.53 Å². The zero-order valence-corrected chi connectivity index (χ0v) is 21.5. The van der Waals surface area contributed by atoms with Crippen molar-refractivity contribution in [2.24, 2.45) is 4.99 Å². The number of rotatable bonds is 7. The van der Waals surface area contributed by atoms with E-state index in [0.717, 1.165) is 45.0 Å². The highest BCUT2D eigenvalue weighted by atomic mass is 127. The Morgan fingerprint density at radius 2 is 1.84 bits per heavy atom. The number of piperidine rings is 1. The molecule has 2 saturated heterocycles. The third-order valence-corrected chi connectivity index (χ3v) is 5.81. The Bertz CT molecular complexity index is 698. The van der Waals surface area contributed by atoms with Crippen molar-refractivity contribution in [1.82, 2.24) is 15.1 Å². The number of carbonyl (C=O) groups excluding carboxylic acids is 1. The topological polar surface area (TPSA) is 60.4 Å². The summed E-state index contributed by atoms with van der Waals surface area (Å²) in [6, 6.07) is 8.84. The summed E-state index contributed by atoms with van der Waals surface area (Å²) in [4.78, 5) is 22.7. The standard InChI is InChI=1S/C23H37N5O2.HI/c1-26(2)22(29)17-25-23(24-16-21-8-7-15-30-21)27(3)18-19-9-11-20(12-10-19)28-13-5-4-6-14-28;/h9-12,21H,4-8,13-18H2,1-3H3,(H,24,25);1H.